The summed E-state index contributed by atoms with van der Waals surface area (Å²) in [7, 11) is 1.56. The Hall–Kier alpha value is -1.53. The minimum atomic E-state index is -1.35. The normalized spacial score (nSPS) is 36.3. The molecule has 1 saturated heterocycles. The zero-order valence-electron chi connectivity index (χ0n) is 13.5. The number of ether oxygens (including phenoxy) is 3. The Labute approximate surface area is 134 Å². The molecule has 0 amide bonds. The molecule has 0 N–H and O–H groups in total. The minimum Gasteiger partial charge on any atom is -0.475 e. The molecule has 0 aromatic heterocycles. The fraction of sp³-hybridized carbons (Fsp3) is 0.588. The van der Waals surface area contributed by atoms with E-state index in [0.717, 1.165) is 0 Å². The summed E-state index contributed by atoms with van der Waals surface area (Å²) in [5, 5.41) is 0. The standard InChI is InChI=1S/C17H21F2NO3/c1-10-16-15(14(22-10)8-21-3)17(9-18,20-11(2)23-16)12-6-4-5-7-13(12)19/h4-7,10,14-16H,8-9H2,1-3H3/t10-,14+,15+,16-,17-/m1/s1. The van der Waals surface area contributed by atoms with Gasteiger partial charge in [-0.3, -0.25) is 0 Å². The van der Waals surface area contributed by atoms with E-state index < -0.39 is 30.1 Å². The maximum Gasteiger partial charge on any atom is 0.181 e. The highest BCUT2D eigenvalue weighted by Crippen LogP contribution is 2.48. The first-order valence-electron chi connectivity index (χ1n) is 7.72. The van der Waals surface area contributed by atoms with Crippen molar-refractivity contribution < 1.29 is 23.0 Å². The number of nitrogens with zero attached hydrogens (tertiary/aromatic N) is 1. The van der Waals surface area contributed by atoms with Crippen LogP contribution < -0.4 is 0 Å². The van der Waals surface area contributed by atoms with E-state index in [1.54, 1.807) is 32.2 Å². The molecule has 2 aliphatic heterocycles. The van der Waals surface area contributed by atoms with Crippen molar-refractivity contribution >= 4 is 5.90 Å². The summed E-state index contributed by atoms with van der Waals surface area (Å²) in [6.45, 7) is 2.99. The zero-order valence-corrected chi connectivity index (χ0v) is 13.5. The first-order valence-corrected chi connectivity index (χ1v) is 7.72. The van der Waals surface area contributed by atoms with Crippen LogP contribution >= 0.6 is 0 Å². The van der Waals surface area contributed by atoms with Crippen molar-refractivity contribution in [3.63, 3.8) is 0 Å². The third-order valence-corrected chi connectivity index (χ3v) is 4.70. The molecule has 3 rings (SSSR count). The van der Waals surface area contributed by atoms with E-state index >= 15 is 0 Å². The highest BCUT2D eigenvalue weighted by Gasteiger charge is 2.59. The molecular formula is C17H21F2NO3. The van der Waals surface area contributed by atoms with E-state index in [2.05, 4.69) is 4.99 Å². The average Bonchev–Trinajstić information content (AvgIpc) is 2.84. The molecule has 2 aliphatic rings. The number of methoxy groups -OCH3 is 1. The van der Waals surface area contributed by atoms with Crippen molar-refractivity contribution in [2.24, 2.45) is 10.9 Å². The molecule has 0 saturated carbocycles. The number of benzene rings is 1. The van der Waals surface area contributed by atoms with E-state index in [4.69, 9.17) is 14.2 Å². The third-order valence-electron chi connectivity index (χ3n) is 4.70. The maximum absolute atomic E-state index is 14.5. The molecule has 126 valence electrons. The van der Waals surface area contributed by atoms with Crippen LogP contribution in [0.4, 0.5) is 8.78 Å². The lowest BCUT2D eigenvalue weighted by molar-refractivity contribution is -0.0211. The molecular weight excluding hydrogens is 304 g/mol. The molecule has 1 aromatic carbocycles. The van der Waals surface area contributed by atoms with Gasteiger partial charge in [-0.1, -0.05) is 18.2 Å². The van der Waals surface area contributed by atoms with E-state index in [1.165, 1.54) is 6.07 Å². The van der Waals surface area contributed by atoms with Crippen LogP contribution in [0.25, 0.3) is 0 Å². The van der Waals surface area contributed by atoms with E-state index in [-0.39, 0.29) is 24.4 Å². The van der Waals surface area contributed by atoms with Crippen molar-refractivity contribution in [2.75, 3.05) is 20.4 Å². The number of hydrogen-bond acceptors (Lipinski definition) is 4. The molecule has 0 bridgehead atoms. The molecule has 0 radical (unpaired) electrons. The zero-order chi connectivity index (χ0) is 16.6. The van der Waals surface area contributed by atoms with E-state index in [0.29, 0.717) is 5.90 Å². The molecule has 0 aliphatic carbocycles. The quantitative estimate of drug-likeness (QED) is 0.855. The molecule has 23 heavy (non-hydrogen) atoms. The summed E-state index contributed by atoms with van der Waals surface area (Å²) in [4.78, 5) is 4.42. The second-order valence-electron chi connectivity index (χ2n) is 6.11. The number of aliphatic imine (C=N–C) groups is 1. The van der Waals surface area contributed by atoms with Gasteiger partial charge >= 0.3 is 0 Å². The first-order chi connectivity index (χ1) is 11.0. The van der Waals surface area contributed by atoms with Gasteiger partial charge in [-0.15, -0.1) is 0 Å². The van der Waals surface area contributed by atoms with Gasteiger partial charge in [0.25, 0.3) is 0 Å². The molecule has 6 heteroatoms. The van der Waals surface area contributed by atoms with Gasteiger partial charge in [0.2, 0.25) is 0 Å². The largest absolute Gasteiger partial charge is 0.475 e. The smallest absolute Gasteiger partial charge is 0.181 e. The summed E-state index contributed by atoms with van der Waals surface area (Å²) in [5.41, 5.74) is -1.12. The Balaban J connectivity index is 2.16. The van der Waals surface area contributed by atoms with Gasteiger partial charge in [0.15, 0.2) is 5.90 Å². The number of alkyl halides is 1. The Bertz CT molecular complexity index is 609. The molecule has 2 heterocycles. The van der Waals surface area contributed by atoms with Crippen LogP contribution in [-0.2, 0) is 19.7 Å². The lowest BCUT2D eigenvalue weighted by atomic mass is 9.73. The van der Waals surface area contributed by atoms with Crippen LogP contribution in [-0.4, -0.2) is 44.6 Å². The SMILES string of the molecule is COC[C@@H]1O[C@H](C)[C@H]2OC(C)=N[C@](CF)(c3ccccc3F)[C@H]21. The first kappa shape index (κ1) is 16.3. The van der Waals surface area contributed by atoms with Gasteiger partial charge in [0.1, 0.15) is 24.1 Å². The van der Waals surface area contributed by atoms with Crippen LogP contribution in [0.5, 0.6) is 0 Å². The molecule has 4 nitrogen and oxygen atoms in total. The van der Waals surface area contributed by atoms with Crippen molar-refractivity contribution in [1.82, 2.24) is 0 Å². The maximum atomic E-state index is 14.5. The van der Waals surface area contributed by atoms with Gasteiger partial charge in [-0.2, -0.15) is 0 Å². The highest BCUT2D eigenvalue weighted by molar-refractivity contribution is 5.75. The van der Waals surface area contributed by atoms with E-state index in [1.807, 2.05) is 6.92 Å². The Morgan fingerprint density at radius 2 is 2.09 bits per heavy atom. The van der Waals surface area contributed by atoms with Gasteiger partial charge in [0, 0.05) is 19.6 Å². The predicted octanol–water partition coefficient (Wildman–Crippen LogP) is 2.86. The number of hydrogen-bond donors (Lipinski definition) is 0. The number of rotatable bonds is 4. The van der Waals surface area contributed by atoms with Crippen molar-refractivity contribution in [1.29, 1.82) is 0 Å². The van der Waals surface area contributed by atoms with Gasteiger partial charge in [-0.05, 0) is 13.0 Å². The fourth-order valence-corrected chi connectivity index (χ4v) is 3.82. The van der Waals surface area contributed by atoms with Gasteiger partial charge in [0.05, 0.1) is 24.7 Å². The molecule has 0 spiro atoms. The van der Waals surface area contributed by atoms with Crippen molar-refractivity contribution in [3.05, 3.63) is 35.6 Å². The topological polar surface area (TPSA) is 40.0 Å². The fourth-order valence-electron chi connectivity index (χ4n) is 3.82. The Morgan fingerprint density at radius 3 is 2.74 bits per heavy atom. The lowest BCUT2D eigenvalue weighted by Crippen LogP contribution is -2.52. The molecule has 0 unspecified atom stereocenters. The summed E-state index contributed by atoms with van der Waals surface area (Å²) >= 11 is 0. The second kappa shape index (κ2) is 6.17. The van der Waals surface area contributed by atoms with Crippen LogP contribution in [0.2, 0.25) is 0 Å². The predicted molar refractivity (Wildman–Crippen MR) is 81.7 cm³/mol. The lowest BCUT2D eigenvalue weighted by Gasteiger charge is -2.42. The summed E-state index contributed by atoms with van der Waals surface area (Å²) in [5.74, 6) is -0.582. The summed E-state index contributed by atoms with van der Waals surface area (Å²) in [6.07, 6.45) is -1.04. The minimum absolute atomic E-state index is 0.235. The summed E-state index contributed by atoms with van der Waals surface area (Å²) in [6, 6.07) is 6.18. The van der Waals surface area contributed by atoms with Crippen LogP contribution in [0, 0.1) is 11.7 Å². The van der Waals surface area contributed by atoms with Crippen molar-refractivity contribution in [2.45, 2.75) is 37.7 Å². The summed E-state index contributed by atoms with van der Waals surface area (Å²) < 4.78 is 45.7. The number of fused-ring (bicyclic) bond motifs is 1. The van der Waals surface area contributed by atoms with Crippen LogP contribution in [0.3, 0.4) is 0 Å². The highest BCUT2D eigenvalue weighted by atomic mass is 19.1. The van der Waals surface area contributed by atoms with Crippen LogP contribution in [0.15, 0.2) is 29.3 Å². The molecule has 1 fully saturated rings. The van der Waals surface area contributed by atoms with Gasteiger partial charge in [-0.25, -0.2) is 13.8 Å². The second-order valence-corrected chi connectivity index (χ2v) is 6.11. The van der Waals surface area contributed by atoms with Crippen molar-refractivity contribution in [3.8, 4) is 0 Å². The van der Waals surface area contributed by atoms with E-state index in [9.17, 15) is 8.78 Å². The molecule has 5 atom stereocenters. The third kappa shape index (κ3) is 2.54. The monoisotopic (exact) mass is 325 g/mol. The average molecular weight is 325 g/mol. The number of halogens is 2. The van der Waals surface area contributed by atoms with Gasteiger partial charge < -0.3 is 14.2 Å². The Morgan fingerprint density at radius 1 is 1.35 bits per heavy atom. The Kier molecular flexibility index (Phi) is 4.38. The molecule has 1 aromatic rings. The van der Waals surface area contributed by atoms with Crippen LogP contribution in [0.1, 0.15) is 19.4 Å².